The third-order valence-electron chi connectivity index (χ3n) is 2.80. The molecule has 0 saturated carbocycles. The van der Waals surface area contributed by atoms with Gasteiger partial charge < -0.3 is 15.8 Å². The van der Waals surface area contributed by atoms with Gasteiger partial charge in [-0.25, -0.2) is 0 Å². The molecule has 1 rings (SSSR count). The minimum Gasteiger partial charge on any atom is -0.409 e. The molecule has 0 atom stereocenters. The van der Waals surface area contributed by atoms with Gasteiger partial charge in [-0.1, -0.05) is 42.2 Å². The first-order valence-corrected chi connectivity index (χ1v) is 7.31. The third-order valence-corrected chi connectivity index (χ3v) is 3.36. The highest BCUT2D eigenvalue weighted by Gasteiger charge is 2.20. The summed E-state index contributed by atoms with van der Waals surface area (Å²) < 4.78 is 0. The van der Waals surface area contributed by atoms with Crippen molar-refractivity contribution in [1.82, 2.24) is 4.90 Å². The number of amidine groups is 1. The van der Waals surface area contributed by atoms with Gasteiger partial charge in [0.05, 0.1) is 10.6 Å². The van der Waals surface area contributed by atoms with Crippen molar-refractivity contribution in [3.05, 3.63) is 33.8 Å². The smallest absolute Gasteiger partial charge is 0.255 e. The average Bonchev–Trinajstić information content (AvgIpc) is 2.44. The lowest BCUT2D eigenvalue weighted by Gasteiger charge is -2.25. The Morgan fingerprint density at radius 2 is 2.10 bits per heavy atom. The molecule has 0 saturated heterocycles. The SMILES string of the molecule is CC(C)CN(CCC(N)=NO)C(=O)c1cc(Cl)ccc1Cl. The maximum atomic E-state index is 12.6. The summed E-state index contributed by atoms with van der Waals surface area (Å²) in [6, 6.07) is 4.76. The van der Waals surface area contributed by atoms with Gasteiger partial charge in [-0.05, 0) is 24.1 Å². The van der Waals surface area contributed by atoms with Gasteiger partial charge in [0.15, 0.2) is 0 Å². The van der Waals surface area contributed by atoms with E-state index in [4.69, 9.17) is 34.1 Å². The van der Waals surface area contributed by atoms with Gasteiger partial charge in [-0.15, -0.1) is 0 Å². The van der Waals surface area contributed by atoms with Crippen LogP contribution in [0.1, 0.15) is 30.6 Å². The maximum Gasteiger partial charge on any atom is 0.255 e. The van der Waals surface area contributed by atoms with Crippen molar-refractivity contribution in [2.45, 2.75) is 20.3 Å². The van der Waals surface area contributed by atoms with E-state index >= 15 is 0 Å². The molecule has 0 aromatic heterocycles. The van der Waals surface area contributed by atoms with Gasteiger partial charge in [0.2, 0.25) is 0 Å². The Kier molecular flexibility index (Phi) is 6.78. The molecule has 0 aliphatic carbocycles. The van der Waals surface area contributed by atoms with Gasteiger partial charge in [-0.3, -0.25) is 4.79 Å². The lowest BCUT2D eigenvalue weighted by Crippen LogP contribution is -2.37. The second-order valence-corrected chi connectivity index (χ2v) is 5.95. The standard InChI is InChI=1S/C14H19Cl2N3O2/c1-9(2)8-19(6-5-13(17)18-21)14(20)11-7-10(15)3-4-12(11)16/h3-4,7,9,21H,5-6,8H2,1-2H3,(H2,17,18). The molecular formula is C14H19Cl2N3O2. The van der Waals surface area contributed by atoms with Crippen molar-refractivity contribution in [1.29, 1.82) is 0 Å². The largest absolute Gasteiger partial charge is 0.409 e. The molecule has 3 N–H and O–H groups in total. The van der Waals surface area contributed by atoms with Crippen LogP contribution >= 0.6 is 23.2 Å². The highest BCUT2D eigenvalue weighted by atomic mass is 35.5. The number of benzene rings is 1. The number of hydrogen-bond donors (Lipinski definition) is 2. The van der Waals surface area contributed by atoms with Crippen LogP contribution < -0.4 is 5.73 Å². The van der Waals surface area contributed by atoms with Crippen molar-refractivity contribution < 1.29 is 10.0 Å². The Bertz CT molecular complexity index is 533. The van der Waals surface area contributed by atoms with E-state index in [1.54, 1.807) is 23.1 Å². The number of halogens is 2. The average molecular weight is 332 g/mol. The predicted octanol–water partition coefficient (Wildman–Crippen LogP) is 3.23. The summed E-state index contributed by atoms with van der Waals surface area (Å²) in [5.41, 5.74) is 5.81. The van der Waals surface area contributed by atoms with E-state index in [1.165, 1.54) is 0 Å². The molecule has 116 valence electrons. The van der Waals surface area contributed by atoms with Gasteiger partial charge in [0, 0.05) is 24.5 Å². The molecule has 1 amide bonds. The Morgan fingerprint density at radius 3 is 2.67 bits per heavy atom. The normalized spacial score (nSPS) is 11.8. The molecular weight excluding hydrogens is 313 g/mol. The number of hydrogen-bond acceptors (Lipinski definition) is 3. The van der Waals surface area contributed by atoms with Crippen LogP contribution in [0.15, 0.2) is 23.4 Å². The summed E-state index contributed by atoms with van der Waals surface area (Å²) >= 11 is 12.0. The molecule has 0 aliphatic rings. The Hall–Kier alpha value is -1.46. The predicted molar refractivity (Wildman–Crippen MR) is 85.2 cm³/mol. The van der Waals surface area contributed by atoms with Crippen LogP contribution in [0.3, 0.4) is 0 Å². The fraction of sp³-hybridized carbons (Fsp3) is 0.429. The number of carbonyl (C=O) groups excluding carboxylic acids is 1. The van der Waals surface area contributed by atoms with Crippen molar-refractivity contribution in [2.24, 2.45) is 16.8 Å². The van der Waals surface area contributed by atoms with Crippen LogP contribution in [-0.2, 0) is 0 Å². The molecule has 1 aromatic carbocycles. The van der Waals surface area contributed by atoms with Crippen LogP contribution in [-0.4, -0.2) is 34.9 Å². The minimum atomic E-state index is -0.220. The molecule has 21 heavy (non-hydrogen) atoms. The van der Waals surface area contributed by atoms with Gasteiger partial charge in [0.25, 0.3) is 5.91 Å². The van der Waals surface area contributed by atoms with Crippen molar-refractivity contribution in [3.63, 3.8) is 0 Å². The molecule has 5 nitrogen and oxygen atoms in total. The number of carbonyl (C=O) groups is 1. The second-order valence-electron chi connectivity index (χ2n) is 5.11. The van der Waals surface area contributed by atoms with Gasteiger partial charge in [0.1, 0.15) is 5.84 Å². The molecule has 1 aromatic rings. The van der Waals surface area contributed by atoms with Gasteiger partial charge in [-0.2, -0.15) is 0 Å². The van der Waals surface area contributed by atoms with Crippen molar-refractivity contribution in [2.75, 3.05) is 13.1 Å². The zero-order chi connectivity index (χ0) is 16.0. The lowest BCUT2D eigenvalue weighted by molar-refractivity contribution is 0.0740. The molecule has 0 spiro atoms. The first-order valence-electron chi connectivity index (χ1n) is 6.55. The summed E-state index contributed by atoms with van der Waals surface area (Å²) in [7, 11) is 0. The maximum absolute atomic E-state index is 12.6. The summed E-state index contributed by atoms with van der Waals surface area (Å²) in [6.07, 6.45) is 0.285. The quantitative estimate of drug-likeness (QED) is 0.363. The number of nitrogens with two attached hydrogens (primary N) is 1. The molecule has 0 heterocycles. The van der Waals surface area contributed by atoms with E-state index in [0.717, 1.165) is 0 Å². The summed E-state index contributed by atoms with van der Waals surface area (Å²) in [4.78, 5) is 14.2. The van der Waals surface area contributed by atoms with Crippen LogP contribution in [0, 0.1) is 5.92 Å². The zero-order valence-electron chi connectivity index (χ0n) is 12.0. The summed E-state index contributed by atoms with van der Waals surface area (Å²) in [5.74, 6) is 0.134. The highest BCUT2D eigenvalue weighted by Crippen LogP contribution is 2.22. The molecule has 0 fully saturated rings. The summed E-state index contributed by atoms with van der Waals surface area (Å²) in [6.45, 7) is 4.89. The van der Waals surface area contributed by atoms with E-state index in [9.17, 15) is 4.79 Å². The fourth-order valence-electron chi connectivity index (χ4n) is 1.85. The second kappa shape index (κ2) is 8.10. The molecule has 0 aliphatic heterocycles. The van der Waals surface area contributed by atoms with E-state index < -0.39 is 0 Å². The molecule has 0 radical (unpaired) electrons. The highest BCUT2D eigenvalue weighted by molar-refractivity contribution is 6.35. The molecule has 0 bridgehead atoms. The number of nitrogens with zero attached hydrogens (tertiary/aromatic N) is 2. The first kappa shape index (κ1) is 17.6. The lowest BCUT2D eigenvalue weighted by atomic mass is 10.1. The molecule has 0 unspecified atom stereocenters. The zero-order valence-corrected chi connectivity index (χ0v) is 13.5. The monoisotopic (exact) mass is 331 g/mol. The van der Waals surface area contributed by atoms with E-state index in [-0.39, 0.29) is 24.1 Å². The van der Waals surface area contributed by atoms with Crippen LogP contribution in [0.2, 0.25) is 10.0 Å². The van der Waals surface area contributed by atoms with E-state index in [1.807, 2.05) is 13.8 Å². The topological polar surface area (TPSA) is 78.9 Å². The van der Waals surface area contributed by atoms with Crippen LogP contribution in [0.5, 0.6) is 0 Å². The minimum absolute atomic E-state index is 0.0775. The summed E-state index contributed by atoms with van der Waals surface area (Å²) in [5, 5.41) is 12.3. The Balaban J connectivity index is 2.96. The number of amides is 1. The molecule has 7 heteroatoms. The third kappa shape index (κ3) is 5.44. The van der Waals surface area contributed by atoms with Crippen molar-refractivity contribution >= 4 is 34.9 Å². The van der Waals surface area contributed by atoms with Crippen LogP contribution in [0.4, 0.5) is 0 Å². The van der Waals surface area contributed by atoms with Gasteiger partial charge >= 0.3 is 0 Å². The van der Waals surface area contributed by atoms with Crippen molar-refractivity contribution in [3.8, 4) is 0 Å². The number of oxime groups is 1. The fourth-order valence-corrected chi connectivity index (χ4v) is 2.22. The number of rotatable bonds is 6. The Morgan fingerprint density at radius 1 is 1.43 bits per heavy atom. The van der Waals surface area contributed by atoms with E-state index in [2.05, 4.69) is 5.16 Å². The van der Waals surface area contributed by atoms with Crippen LogP contribution in [0.25, 0.3) is 0 Å². The first-order chi connectivity index (χ1) is 9.85. The van der Waals surface area contributed by atoms with E-state index in [0.29, 0.717) is 28.7 Å². The Labute approximate surface area is 134 Å².